The molecule has 0 aliphatic carbocycles. The fourth-order valence-electron chi connectivity index (χ4n) is 3.48. The first-order valence-electron chi connectivity index (χ1n) is 7.96. The molecule has 0 saturated carbocycles. The van der Waals surface area contributed by atoms with Crippen LogP contribution in [0.25, 0.3) is 21.3 Å². The molecule has 1 aliphatic rings. The number of carboxylic acids is 1. The van der Waals surface area contributed by atoms with Crippen molar-refractivity contribution < 1.29 is 9.90 Å². The Morgan fingerprint density at radius 1 is 1.29 bits per heavy atom. The molecule has 4 rings (SSSR count). The molecular formula is C18H17N3O2S. The van der Waals surface area contributed by atoms with E-state index in [1.807, 2.05) is 23.1 Å². The van der Waals surface area contributed by atoms with Crippen LogP contribution in [0.2, 0.25) is 0 Å². The second-order valence-corrected chi connectivity index (χ2v) is 7.17. The molecule has 3 heterocycles. The lowest BCUT2D eigenvalue weighted by molar-refractivity contribution is -0.138. The van der Waals surface area contributed by atoms with Gasteiger partial charge in [0, 0.05) is 17.0 Å². The number of nitrogens with zero attached hydrogens (tertiary/aromatic N) is 3. The van der Waals surface area contributed by atoms with Crippen molar-refractivity contribution in [3.63, 3.8) is 0 Å². The van der Waals surface area contributed by atoms with Crippen LogP contribution in [0.5, 0.6) is 0 Å². The third-order valence-electron chi connectivity index (χ3n) is 4.52. The lowest BCUT2D eigenvalue weighted by Crippen LogP contribution is -2.36. The van der Waals surface area contributed by atoms with Crippen molar-refractivity contribution in [1.82, 2.24) is 9.97 Å². The molecule has 1 saturated heterocycles. The first kappa shape index (κ1) is 15.1. The second kappa shape index (κ2) is 5.87. The van der Waals surface area contributed by atoms with Crippen molar-refractivity contribution in [3.8, 4) is 11.1 Å². The summed E-state index contributed by atoms with van der Waals surface area (Å²) in [6.07, 6.45) is 3.07. The summed E-state index contributed by atoms with van der Waals surface area (Å²) in [4.78, 5) is 24.5. The van der Waals surface area contributed by atoms with Crippen LogP contribution in [0.3, 0.4) is 0 Å². The predicted molar refractivity (Wildman–Crippen MR) is 95.6 cm³/mol. The molecule has 1 fully saturated rings. The fourth-order valence-corrected chi connectivity index (χ4v) is 4.48. The van der Waals surface area contributed by atoms with E-state index in [2.05, 4.69) is 29.0 Å². The van der Waals surface area contributed by atoms with Gasteiger partial charge in [0.1, 0.15) is 23.0 Å². The average molecular weight is 339 g/mol. The molecule has 3 aromatic rings. The minimum atomic E-state index is -0.785. The zero-order valence-corrected chi connectivity index (χ0v) is 14.1. The van der Waals surface area contributed by atoms with Crippen molar-refractivity contribution in [2.45, 2.75) is 25.8 Å². The highest BCUT2D eigenvalue weighted by Gasteiger charge is 2.33. The number of carboxylic acid groups (broad SMARTS) is 1. The van der Waals surface area contributed by atoms with Crippen molar-refractivity contribution in [2.75, 3.05) is 11.4 Å². The van der Waals surface area contributed by atoms with Crippen LogP contribution in [-0.2, 0) is 4.79 Å². The summed E-state index contributed by atoms with van der Waals surface area (Å²) < 4.78 is 0. The number of thiophene rings is 1. The Bertz CT molecular complexity index is 907. The quantitative estimate of drug-likeness (QED) is 0.788. The lowest BCUT2D eigenvalue weighted by atomic mass is 10.0. The van der Waals surface area contributed by atoms with Crippen LogP contribution in [0.1, 0.15) is 17.7 Å². The summed E-state index contributed by atoms with van der Waals surface area (Å²) >= 11 is 1.63. The molecule has 0 amide bonds. The number of carbonyl (C=O) groups is 1. The van der Waals surface area contributed by atoms with E-state index in [-0.39, 0.29) is 0 Å². The molecule has 122 valence electrons. The molecule has 1 unspecified atom stereocenters. The molecule has 24 heavy (non-hydrogen) atoms. The van der Waals surface area contributed by atoms with Gasteiger partial charge in [0.25, 0.3) is 0 Å². The maximum atomic E-state index is 11.6. The van der Waals surface area contributed by atoms with Gasteiger partial charge in [0.2, 0.25) is 0 Å². The van der Waals surface area contributed by atoms with Crippen LogP contribution < -0.4 is 4.90 Å². The van der Waals surface area contributed by atoms with Gasteiger partial charge in [0.15, 0.2) is 0 Å². The molecular weight excluding hydrogens is 322 g/mol. The number of hydrogen-bond donors (Lipinski definition) is 1. The predicted octanol–water partition coefficient (Wildman–Crippen LogP) is 3.72. The highest BCUT2D eigenvalue weighted by molar-refractivity contribution is 7.19. The first-order chi connectivity index (χ1) is 11.7. The number of anilines is 1. The number of hydrogen-bond acceptors (Lipinski definition) is 5. The Labute approximate surface area is 143 Å². The fraction of sp³-hybridized carbons (Fsp3) is 0.278. The van der Waals surface area contributed by atoms with E-state index in [4.69, 9.17) is 0 Å². The summed E-state index contributed by atoms with van der Waals surface area (Å²) in [5, 5.41) is 10.5. The largest absolute Gasteiger partial charge is 0.480 e. The SMILES string of the molecule is Cc1sc2ncnc(N3CCCC3C(=O)O)c2c1-c1ccccc1. The maximum absolute atomic E-state index is 11.6. The van der Waals surface area contributed by atoms with Crippen LogP contribution in [-0.4, -0.2) is 33.6 Å². The number of fused-ring (bicyclic) bond motifs is 1. The van der Waals surface area contributed by atoms with E-state index in [0.717, 1.165) is 33.6 Å². The minimum absolute atomic E-state index is 0.507. The van der Waals surface area contributed by atoms with Crippen LogP contribution in [0.15, 0.2) is 36.7 Å². The molecule has 0 spiro atoms. The van der Waals surface area contributed by atoms with E-state index in [0.29, 0.717) is 13.0 Å². The van der Waals surface area contributed by atoms with Gasteiger partial charge in [-0.2, -0.15) is 0 Å². The van der Waals surface area contributed by atoms with E-state index in [1.54, 1.807) is 17.7 Å². The highest BCUT2D eigenvalue weighted by atomic mass is 32.1. The Morgan fingerprint density at radius 2 is 2.08 bits per heavy atom. The molecule has 1 aromatic carbocycles. The van der Waals surface area contributed by atoms with Gasteiger partial charge in [-0.05, 0) is 25.3 Å². The van der Waals surface area contributed by atoms with Gasteiger partial charge < -0.3 is 10.0 Å². The smallest absolute Gasteiger partial charge is 0.326 e. The van der Waals surface area contributed by atoms with E-state index in [9.17, 15) is 9.90 Å². The standard InChI is InChI=1S/C18H17N3O2S/c1-11-14(12-6-3-2-4-7-12)15-16(19-10-20-17(15)24-11)21-9-5-8-13(21)18(22)23/h2-4,6-7,10,13H,5,8-9H2,1H3,(H,22,23). The monoisotopic (exact) mass is 339 g/mol. The van der Waals surface area contributed by atoms with Gasteiger partial charge in [-0.25, -0.2) is 14.8 Å². The average Bonchev–Trinajstić information content (AvgIpc) is 3.19. The maximum Gasteiger partial charge on any atom is 0.326 e. The van der Waals surface area contributed by atoms with Gasteiger partial charge in [0.05, 0.1) is 5.39 Å². The topological polar surface area (TPSA) is 66.3 Å². The summed E-state index contributed by atoms with van der Waals surface area (Å²) in [5.74, 6) is -0.0411. The molecule has 1 aliphatic heterocycles. The summed E-state index contributed by atoms with van der Waals surface area (Å²) in [7, 11) is 0. The third-order valence-corrected chi connectivity index (χ3v) is 5.53. The minimum Gasteiger partial charge on any atom is -0.480 e. The lowest BCUT2D eigenvalue weighted by Gasteiger charge is -2.23. The Morgan fingerprint density at radius 3 is 2.83 bits per heavy atom. The van der Waals surface area contributed by atoms with Crippen LogP contribution >= 0.6 is 11.3 Å². The van der Waals surface area contributed by atoms with Gasteiger partial charge >= 0.3 is 5.97 Å². The van der Waals surface area contributed by atoms with E-state index in [1.165, 1.54) is 4.88 Å². The first-order valence-corrected chi connectivity index (χ1v) is 8.77. The summed E-state index contributed by atoms with van der Waals surface area (Å²) in [5.41, 5.74) is 2.23. The Kier molecular flexibility index (Phi) is 3.69. The molecule has 5 nitrogen and oxygen atoms in total. The number of aromatic nitrogens is 2. The molecule has 6 heteroatoms. The normalized spacial score (nSPS) is 17.5. The third kappa shape index (κ3) is 2.34. The van der Waals surface area contributed by atoms with Crippen molar-refractivity contribution in [3.05, 3.63) is 41.5 Å². The molecule has 0 radical (unpaired) electrons. The van der Waals surface area contributed by atoms with Gasteiger partial charge in [-0.15, -0.1) is 11.3 Å². The zero-order valence-electron chi connectivity index (χ0n) is 13.3. The van der Waals surface area contributed by atoms with E-state index >= 15 is 0 Å². The Hall–Kier alpha value is -2.47. The summed E-state index contributed by atoms with van der Waals surface area (Å²) in [6.45, 7) is 2.79. The highest BCUT2D eigenvalue weighted by Crippen LogP contribution is 2.42. The van der Waals surface area contributed by atoms with Crippen molar-refractivity contribution >= 4 is 33.3 Å². The van der Waals surface area contributed by atoms with Crippen LogP contribution in [0, 0.1) is 6.92 Å². The molecule has 0 bridgehead atoms. The number of aliphatic carboxylic acids is 1. The van der Waals surface area contributed by atoms with Gasteiger partial charge in [-0.3, -0.25) is 0 Å². The Balaban J connectivity index is 1.96. The molecule has 1 atom stereocenters. The van der Waals surface area contributed by atoms with Crippen LogP contribution in [0.4, 0.5) is 5.82 Å². The van der Waals surface area contributed by atoms with Gasteiger partial charge in [-0.1, -0.05) is 30.3 Å². The zero-order chi connectivity index (χ0) is 16.7. The summed E-state index contributed by atoms with van der Waals surface area (Å²) in [6, 6.07) is 9.65. The number of rotatable bonds is 3. The van der Waals surface area contributed by atoms with Crippen molar-refractivity contribution in [2.24, 2.45) is 0 Å². The number of aryl methyl sites for hydroxylation is 1. The van der Waals surface area contributed by atoms with E-state index < -0.39 is 12.0 Å². The molecule has 2 aromatic heterocycles. The van der Waals surface area contributed by atoms with Crippen molar-refractivity contribution in [1.29, 1.82) is 0 Å². The number of benzene rings is 1. The molecule has 1 N–H and O–H groups in total. The second-order valence-electron chi connectivity index (χ2n) is 5.97.